The zero-order valence-electron chi connectivity index (χ0n) is 13.7. The Labute approximate surface area is 160 Å². The number of hydrogen-bond donors (Lipinski definition) is 1. The molecule has 1 aromatic heterocycles. The number of nitrogens with zero attached hydrogens (tertiary/aromatic N) is 1. The van der Waals surface area contributed by atoms with Crippen LogP contribution in [0.1, 0.15) is 16.3 Å². The smallest absolute Gasteiger partial charge is 0.230 e. The Balaban J connectivity index is 1.53. The Morgan fingerprint density at radius 2 is 2.08 bits per heavy atom. The van der Waals surface area contributed by atoms with E-state index in [0.29, 0.717) is 23.0 Å². The van der Waals surface area contributed by atoms with E-state index < -0.39 is 0 Å². The van der Waals surface area contributed by atoms with Crippen LogP contribution in [-0.4, -0.2) is 10.9 Å². The van der Waals surface area contributed by atoms with Crippen LogP contribution in [-0.2, 0) is 17.8 Å². The van der Waals surface area contributed by atoms with E-state index in [1.54, 1.807) is 42.5 Å². The van der Waals surface area contributed by atoms with Crippen molar-refractivity contribution in [3.63, 3.8) is 0 Å². The van der Waals surface area contributed by atoms with E-state index in [0.717, 1.165) is 16.3 Å². The molecule has 6 heteroatoms. The zero-order chi connectivity index (χ0) is 18.4. The van der Waals surface area contributed by atoms with Crippen LogP contribution in [0.25, 0.3) is 0 Å². The van der Waals surface area contributed by atoms with Crippen molar-refractivity contribution in [1.82, 2.24) is 4.98 Å². The van der Waals surface area contributed by atoms with Crippen molar-refractivity contribution < 1.29 is 9.53 Å². The number of carbonyl (C=O) groups is 1. The molecule has 0 fully saturated rings. The van der Waals surface area contributed by atoms with Gasteiger partial charge in [0.25, 0.3) is 0 Å². The van der Waals surface area contributed by atoms with Crippen LogP contribution in [0.5, 0.6) is 5.75 Å². The first kappa shape index (κ1) is 18.0. The summed E-state index contributed by atoms with van der Waals surface area (Å²) in [6, 6.07) is 14.3. The number of halogens is 1. The van der Waals surface area contributed by atoms with E-state index in [9.17, 15) is 4.79 Å². The maximum Gasteiger partial charge on any atom is 0.230 e. The molecule has 0 saturated carbocycles. The molecule has 0 bridgehead atoms. The second-order valence-electron chi connectivity index (χ2n) is 5.43. The molecular weight excluding hydrogens is 368 g/mol. The molecule has 3 aromatic rings. The van der Waals surface area contributed by atoms with E-state index in [2.05, 4.69) is 16.2 Å². The van der Waals surface area contributed by atoms with Crippen molar-refractivity contribution in [3.8, 4) is 18.1 Å². The monoisotopic (exact) mass is 382 g/mol. The number of nitrogens with one attached hydrogen (secondary N) is 1. The van der Waals surface area contributed by atoms with Crippen molar-refractivity contribution in [2.24, 2.45) is 0 Å². The highest BCUT2D eigenvalue weighted by Gasteiger charge is 2.09. The number of terminal acetylenes is 1. The first-order valence-electron chi connectivity index (χ1n) is 7.80. The fourth-order valence-corrected chi connectivity index (χ4v) is 3.06. The van der Waals surface area contributed by atoms with Gasteiger partial charge < -0.3 is 10.1 Å². The summed E-state index contributed by atoms with van der Waals surface area (Å²) in [5, 5.41) is 6.15. The molecule has 0 unspecified atom stereocenters. The van der Waals surface area contributed by atoms with Crippen LogP contribution in [0.2, 0.25) is 5.02 Å². The second-order valence-corrected chi connectivity index (χ2v) is 6.80. The number of rotatable bonds is 6. The van der Waals surface area contributed by atoms with Gasteiger partial charge in [-0.2, -0.15) is 0 Å². The number of thiazole rings is 1. The lowest BCUT2D eigenvalue weighted by Gasteiger charge is -2.05. The van der Waals surface area contributed by atoms with E-state index in [4.69, 9.17) is 22.8 Å². The second kappa shape index (κ2) is 8.52. The van der Waals surface area contributed by atoms with Gasteiger partial charge in [-0.3, -0.25) is 4.79 Å². The van der Waals surface area contributed by atoms with Gasteiger partial charge in [0.15, 0.2) is 0 Å². The van der Waals surface area contributed by atoms with Crippen LogP contribution in [0.3, 0.4) is 0 Å². The van der Waals surface area contributed by atoms with Gasteiger partial charge in [-0.15, -0.1) is 17.8 Å². The SMILES string of the molecule is C#Cc1cccc(NC(=O)Cc2csc(COc3ccc(Cl)cc3)n2)c1. The van der Waals surface area contributed by atoms with E-state index in [-0.39, 0.29) is 12.3 Å². The molecule has 0 radical (unpaired) electrons. The molecule has 0 saturated heterocycles. The van der Waals surface area contributed by atoms with Crippen LogP contribution >= 0.6 is 22.9 Å². The molecule has 0 atom stereocenters. The summed E-state index contributed by atoms with van der Waals surface area (Å²) < 4.78 is 5.66. The lowest BCUT2D eigenvalue weighted by Crippen LogP contribution is -2.14. The number of anilines is 1. The minimum atomic E-state index is -0.144. The fourth-order valence-electron chi connectivity index (χ4n) is 2.23. The first-order chi connectivity index (χ1) is 12.6. The summed E-state index contributed by atoms with van der Waals surface area (Å²) in [6.07, 6.45) is 5.56. The van der Waals surface area contributed by atoms with Gasteiger partial charge >= 0.3 is 0 Å². The molecule has 4 nitrogen and oxygen atoms in total. The first-order valence-corrected chi connectivity index (χ1v) is 9.06. The van der Waals surface area contributed by atoms with Crippen LogP contribution in [0.4, 0.5) is 5.69 Å². The van der Waals surface area contributed by atoms with Crippen molar-refractivity contribution in [3.05, 3.63) is 75.2 Å². The normalized spacial score (nSPS) is 10.2. The largest absolute Gasteiger partial charge is 0.486 e. The summed E-state index contributed by atoms with van der Waals surface area (Å²) in [4.78, 5) is 16.6. The third-order valence-electron chi connectivity index (χ3n) is 3.43. The Morgan fingerprint density at radius 3 is 2.85 bits per heavy atom. The summed E-state index contributed by atoms with van der Waals surface area (Å²) in [7, 11) is 0. The van der Waals surface area contributed by atoms with Gasteiger partial charge in [-0.05, 0) is 42.5 Å². The molecule has 0 aliphatic carbocycles. The third-order valence-corrected chi connectivity index (χ3v) is 4.55. The predicted molar refractivity (Wildman–Crippen MR) is 105 cm³/mol. The Morgan fingerprint density at radius 1 is 1.27 bits per heavy atom. The molecule has 130 valence electrons. The molecule has 0 aliphatic heterocycles. The molecule has 0 aliphatic rings. The van der Waals surface area contributed by atoms with Gasteiger partial charge in [-0.1, -0.05) is 23.6 Å². The highest BCUT2D eigenvalue weighted by Crippen LogP contribution is 2.18. The lowest BCUT2D eigenvalue weighted by molar-refractivity contribution is -0.115. The quantitative estimate of drug-likeness (QED) is 0.637. The third kappa shape index (κ3) is 5.09. The molecule has 1 heterocycles. The van der Waals surface area contributed by atoms with Gasteiger partial charge in [0.05, 0.1) is 12.1 Å². The van der Waals surface area contributed by atoms with Crippen LogP contribution in [0.15, 0.2) is 53.9 Å². The molecule has 0 spiro atoms. The zero-order valence-corrected chi connectivity index (χ0v) is 15.3. The number of aromatic nitrogens is 1. The van der Waals surface area contributed by atoms with Crippen LogP contribution < -0.4 is 10.1 Å². The van der Waals surface area contributed by atoms with Gasteiger partial charge in [-0.25, -0.2) is 4.98 Å². The van der Waals surface area contributed by atoms with E-state index >= 15 is 0 Å². The van der Waals surface area contributed by atoms with E-state index in [1.165, 1.54) is 11.3 Å². The molecule has 1 N–H and O–H groups in total. The van der Waals surface area contributed by atoms with Crippen molar-refractivity contribution >= 4 is 34.5 Å². The maximum absolute atomic E-state index is 12.2. The lowest BCUT2D eigenvalue weighted by atomic mass is 10.2. The van der Waals surface area contributed by atoms with Crippen molar-refractivity contribution in [1.29, 1.82) is 0 Å². The molecule has 2 aromatic carbocycles. The number of amides is 1. The number of ether oxygens (including phenoxy) is 1. The highest BCUT2D eigenvalue weighted by atomic mass is 35.5. The van der Waals surface area contributed by atoms with E-state index in [1.807, 2.05) is 11.4 Å². The molecule has 1 amide bonds. The fraction of sp³-hybridized carbons (Fsp3) is 0.100. The molecule has 3 rings (SSSR count). The van der Waals surface area contributed by atoms with Gasteiger partial charge in [0, 0.05) is 21.7 Å². The Bertz CT molecular complexity index is 945. The summed E-state index contributed by atoms with van der Waals surface area (Å²) in [6.45, 7) is 0.345. The highest BCUT2D eigenvalue weighted by molar-refractivity contribution is 7.09. The van der Waals surface area contributed by atoms with Gasteiger partial charge in [0.1, 0.15) is 17.4 Å². The number of hydrogen-bond acceptors (Lipinski definition) is 4. The summed E-state index contributed by atoms with van der Waals surface area (Å²) in [5.41, 5.74) is 2.10. The number of carbonyl (C=O) groups excluding carboxylic acids is 1. The minimum absolute atomic E-state index is 0.144. The molecular formula is C20H15ClN2O2S. The van der Waals surface area contributed by atoms with Gasteiger partial charge in [0.2, 0.25) is 5.91 Å². The van der Waals surface area contributed by atoms with Crippen LogP contribution in [0, 0.1) is 12.3 Å². The number of benzene rings is 2. The topological polar surface area (TPSA) is 51.2 Å². The van der Waals surface area contributed by atoms with Crippen molar-refractivity contribution in [2.75, 3.05) is 5.32 Å². The minimum Gasteiger partial charge on any atom is -0.486 e. The standard InChI is InChI=1S/C20H15ClN2O2S/c1-2-14-4-3-5-16(10-14)22-19(24)11-17-13-26-20(23-17)12-25-18-8-6-15(21)7-9-18/h1,3-10,13H,11-12H2,(H,22,24). The Hall–Kier alpha value is -2.81. The molecule has 26 heavy (non-hydrogen) atoms. The predicted octanol–water partition coefficient (Wildman–Crippen LogP) is 4.54. The average molecular weight is 383 g/mol. The summed E-state index contributed by atoms with van der Waals surface area (Å²) >= 11 is 7.30. The Kier molecular flexibility index (Phi) is 5.90. The van der Waals surface area contributed by atoms with Crippen molar-refractivity contribution in [2.45, 2.75) is 13.0 Å². The maximum atomic E-state index is 12.2. The average Bonchev–Trinajstić information content (AvgIpc) is 3.08. The summed E-state index contributed by atoms with van der Waals surface area (Å²) in [5.74, 6) is 3.12.